The van der Waals surface area contributed by atoms with Gasteiger partial charge in [-0.1, -0.05) is 18.2 Å². The average molecular weight is 490 g/mol. The summed E-state index contributed by atoms with van der Waals surface area (Å²) >= 11 is 0. The zero-order valence-corrected chi connectivity index (χ0v) is 20.3. The number of carbonyl (C=O) groups excluding carboxylic acids is 1. The Labute approximate surface area is 207 Å². The van der Waals surface area contributed by atoms with E-state index in [0.717, 1.165) is 11.3 Å². The molecule has 0 radical (unpaired) electrons. The quantitative estimate of drug-likeness (QED) is 0.186. The maximum Gasteiger partial charge on any atom is 0.293 e. The Bertz CT molecular complexity index is 1500. The number of anilines is 1. The molecule has 0 bridgehead atoms. The van der Waals surface area contributed by atoms with E-state index >= 15 is 0 Å². The summed E-state index contributed by atoms with van der Waals surface area (Å²) in [7, 11) is 5.39. The number of para-hydroxylation sites is 1. The van der Waals surface area contributed by atoms with Crippen LogP contribution in [0.25, 0.3) is 21.8 Å². The minimum atomic E-state index is -0.549. The van der Waals surface area contributed by atoms with Crippen molar-refractivity contribution in [3.63, 3.8) is 0 Å². The first-order valence-electron chi connectivity index (χ1n) is 11.4. The Morgan fingerprint density at radius 1 is 1.08 bits per heavy atom. The largest absolute Gasteiger partial charge is 0.497 e. The first-order chi connectivity index (χ1) is 17.3. The molecule has 10 heteroatoms. The van der Waals surface area contributed by atoms with Crippen molar-refractivity contribution in [2.45, 2.75) is 6.54 Å². The summed E-state index contributed by atoms with van der Waals surface area (Å²) in [6.45, 7) is 1.46. The second-order valence-corrected chi connectivity index (χ2v) is 8.58. The SMILES string of the molecule is COc1ccc(CNc2ccc(C(=O)NCCN(C)C)c3[nH]c4c([N+](=O)[O-])cccc4c(=O)c23)cc1. The van der Waals surface area contributed by atoms with Crippen LogP contribution in [-0.4, -0.2) is 55.0 Å². The summed E-state index contributed by atoms with van der Waals surface area (Å²) in [6.07, 6.45) is 0. The average Bonchev–Trinajstić information content (AvgIpc) is 2.86. The van der Waals surface area contributed by atoms with E-state index in [9.17, 15) is 19.7 Å². The molecule has 0 aliphatic rings. The highest BCUT2D eigenvalue weighted by atomic mass is 16.6. The number of aromatic amines is 1. The number of methoxy groups -OCH3 is 1. The zero-order valence-electron chi connectivity index (χ0n) is 20.3. The molecule has 0 spiro atoms. The number of hydrogen-bond acceptors (Lipinski definition) is 7. The van der Waals surface area contributed by atoms with Gasteiger partial charge in [-0.05, 0) is 50.0 Å². The number of fused-ring (bicyclic) bond motifs is 2. The van der Waals surface area contributed by atoms with E-state index < -0.39 is 10.4 Å². The summed E-state index contributed by atoms with van der Waals surface area (Å²) in [6, 6.07) is 15.1. The predicted octanol–water partition coefficient (Wildman–Crippen LogP) is 3.50. The molecule has 1 heterocycles. The van der Waals surface area contributed by atoms with Crippen LogP contribution in [0.5, 0.6) is 5.75 Å². The molecule has 1 amide bonds. The lowest BCUT2D eigenvalue weighted by Crippen LogP contribution is -2.31. The summed E-state index contributed by atoms with van der Waals surface area (Å²) in [5.41, 5.74) is 1.39. The van der Waals surface area contributed by atoms with Gasteiger partial charge in [0.25, 0.3) is 11.6 Å². The van der Waals surface area contributed by atoms with Gasteiger partial charge in [0.15, 0.2) is 5.43 Å². The monoisotopic (exact) mass is 489 g/mol. The molecule has 4 aromatic rings. The van der Waals surface area contributed by atoms with Crippen molar-refractivity contribution in [1.82, 2.24) is 15.2 Å². The van der Waals surface area contributed by atoms with E-state index in [1.165, 1.54) is 18.2 Å². The number of nitro groups is 1. The third-order valence-corrected chi connectivity index (χ3v) is 5.90. The predicted molar refractivity (Wildman–Crippen MR) is 140 cm³/mol. The molecule has 3 aromatic carbocycles. The number of nitrogens with zero attached hydrogens (tertiary/aromatic N) is 2. The third kappa shape index (κ3) is 4.98. The van der Waals surface area contributed by atoms with E-state index in [-0.39, 0.29) is 39.0 Å². The number of hydrogen-bond donors (Lipinski definition) is 3. The number of carbonyl (C=O) groups is 1. The van der Waals surface area contributed by atoms with Gasteiger partial charge >= 0.3 is 0 Å². The lowest BCUT2D eigenvalue weighted by Gasteiger charge is -2.15. The lowest BCUT2D eigenvalue weighted by molar-refractivity contribution is -0.383. The standard InChI is InChI=1S/C26H27N5O5/c1-30(2)14-13-27-26(33)19-11-12-20(28-15-16-7-9-17(36-3)10-8-16)22-24(19)29-23-18(25(22)32)5-4-6-21(23)31(34)35/h4-12,28H,13-15H2,1-3H3,(H,27,33)(H,29,32). The smallest absolute Gasteiger partial charge is 0.293 e. The number of amides is 1. The molecule has 0 unspecified atom stereocenters. The van der Waals surface area contributed by atoms with E-state index in [1.54, 1.807) is 19.2 Å². The molecule has 3 N–H and O–H groups in total. The molecule has 36 heavy (non-hydrogen) atoms. The number of pyridine rings is 1. The van der Waals surface area contributed by atoms with Crippen LogP contribution in [0.4, 0.5) is 11.4 Å². The molecule has 10 nitrogen and oxygen atoms in total. The van der Waals surface area contributed by atoms with Crippen molar-refractivity contribution >= 4 is 39.1 Å². The van der Waals surface area contributed by atoms with Gasteiger partial charge in [-0.25, -0.2) is 0 Å². The van der Waals surface area contributed by atoms with Crippen LogP contribution in [0.2, 0.25) is 0 Å². The molecule has 0 atom stereocenters. The van der Waals surface area contributed by atoms with Gasteiger partial charge in [0.2, 0.25) is 0 Å². The normalized spacial score (nSPS) is 11.1. The molecule has 0 fully saturated rings. The maximum absolute atomic E-state index is 13.6. The first-order valence-corrected chi connectivity index (χ1v) is 11.4. The van der Waals surface area contributed by atoms with E-state index in [1.807, 2.05) is 43.3 Å². The number of H-pyrrole nitrogens is 1. The minimum Gasteiger partial charge on any atom is -0.497 e. The minimum absolute atomic E-state index is 0.0784. The molecular weight excluding hydrogens is 462 g/mol. The van der Waals surface area contributed by atoms with Crippen LogP contribution in [0.15, 0.2) is 59.4 Å². The Kier molecular flexibility index (Phi) is 7.16. The van der Waals surface area contributed by atoms with Gasteiger partial charge in [0.05, 0.1) is 33.9 Å². The molecule has 0 saturated carbocycles. The molecule has 0 aliphatic carbocycles. The number of non-ortho nitro benzene ring substituents is 1. The number of aromatic nitrogens is 1. The maximum atomic E-state index is 13.6. The Balaban J connectivity index is 1.83. The van der Waals surface area contributed by atoms with Gasteiger partial charge < -0.3 is 25.3 Å². The summed E-state index contributed by atoms with van der Waals surface area (Å²) in [4.78, 5) is 42.7. The number of benzene rings is 3. The van der Waals surface area contributed by atoms with Crippen molar-refractivity contribution in [3.8, 4) is 5.75 Å². The van der Waals surface area contributed by atoms with Crippen LogP contribution >= 0.6 is 0 Å². The molecule has 0 saturated heterocycles. The molecule has 4 rings (SSSR count). The Morgan fingerprint density at radius 3 is 2.50 bits per heavy atom. The Morgan fingerprint density at radius 2 is 1.83 bits per heavy atom. The molecular formula is C26H27N5O5. The zero-order chi connectivity index (χ0) is 25.8. The molecule has 1 aromatic heterocycles. The van der Waals surface area contributed by atoms with Crippen LogP contribution in [0, 0.1) is 10.1 Å². The molecule has 186 valence electrons. The van der Waals surface area contributed by atoms with E-state index in [2.05, 4.69) is 15.6 Å². The van der Waals surface area contributed by atoms with Crippen LogP contribution < -0.4 is 20.8 Å². The second kappa shape index (κ2) is 10.4. The topological polar surface area (TPSA) is 130 Å². The first kappa shape index (κ1) is 24.7. The summed E-state index contributed by atoms with van der Waals surface area (Å²) in [5.74, 6) is 0.357. The van der Waals surface area contributed by atoms with Crippen molar-refractivity contribution in [3.05, 3.63) is 86.1 Å². The third-order valence-electron chi connectivity index (χ3n) is 5.90. The van der Waals surface area contributed by atoms with Crippen molar-refractivity contribution in [1.29, 1.82) is 0 Å². The van der Waals surface area contributed by atoms with Gasteiger partial charge in [-0.2, -0.15) is 0 Å². The van der Waals surface area contributed by atoms with Gasteiger partial charge in [0, 0.05) is 31.4 Å². The molecule has 0 aliphatic heterocycles. The van der Waals surface area contributed by atoms with E-state index in [0.29, 0.717) is 25.3 Å². The van der Waals surface area contributed by atoms with Crippen molar-refractivity contribution in [2.24, 2.45) is 0 Å². The Hall–Kier alpha value is -4.44. The highest BCUT2D eigenvalue weighted by molar-refractivity contribution is 6.11. The lowest BCUT2D eigenvalue weighted by atomic mass is 10.0. The summed E-state index contributed by atoms with van der Waals surface area (Å²) < 4.78 is 5.19. The fourth-order valence-electron chi connectivity index (χ4n) is 4.01. The van der Waals surface area contributed by atoms with Crippen LogP contribution in [0.1, 0.15) is 15.9 Å². The fourth-order valence-corrected chi connectivity index (χ4v) is 4.01. The second-order valence-electron chi connectivity index (χ2n) is 8.58. The van der Waals surface area contributed by atoms with Gasteiger partial charge in [-0.3, -0.25) is 19.7 Å². The highest BCUT2D eigenvalue weighted by Gasteiger charge is 2.21. The number of nitrogens with one attached hydrogen (secondary N) is 3. The number of nitro benzene ring substituents is 1. The van der Waals surface area contributed by atoms with Crippen molar-refractivity contribution < 1.29 is 14.5 Å². The van der Waals surface area contributed by atoms with Gasteiger partial charge in [-0.15, -0.1) is 0 Å². The summed E-state index contributed by atoms with van der Waals surface area (Å²) in [5, 5.41) is 18.2. The fraction of sp³-hybridized carbons (Fsp3) is 0.231. The number of ether oxygens (including phenoxy) is 1. The van der Waals surface area contributed by atoms with Gasteiger partial charge in [0.1, 0.15) is 11.3 Å². The number of likely N-dealkylation sites (N-methyl/N-ethyl adjacent to an activating group) is 1. The van der Waals surface area contributed by atoms with Crippen LogP contribution in [-0.2, 0) is 6.54 Å². The van der Waals surface area contributed by atoms with Crippen LogP contribution in [0.3, 0.4) is 0 Å². The van der Waals surface area contributed by atoms with E-state index in [4.69, 9.17) is 4.74 Å². The number of rotatable bonds is 9. The highest BCUT2D eigenvalue weighted by Crippen LogP contribution is 2.29. The van der Waals surface area contributed by atoms with Crippen molar-refractivity contribution in [2.75, 3.05) is 39.6 Å².